The minimum atomic E-state index is -3.73. The molecule has 4 rings (SSSR count). The molecule has 0 N–H and O–H groups in total. The summed E-state index contributed by atoms with van der Waals surface area (Å²) in [7, 11) is -7.12. The van der Waals surface area contributed by atoms with Gasteiger partial charge in [0.15, 0.2) is 19.7 Å². The molecule has 2 atom stereocenters. The molecule has 0 radical (unpaired) electrons. The van der Waals surface area contributed by atoms with Crippen LogP contribution in [0.2, 0.25) is 0 Å². The summed E-state index contributed by atoms with van der Waals surface area (Å²) in [6, 6.07) is 16.3. The predicted octanol–water partition coefficient (Wildman–Crippen LogP) is 1.76. The number of aryl methyl sites for hydroxylation is 1. The van der Waals surface area contributed by atoms with Crippen LogP contribution in [-0.4, -0.2) is 70.7 Å². The van der Waals surface area contributed by atoms with E-state index >= 15 is 0 Å². The largest absolute Gasteiger partial charge is 0.369 e. The second-order valence-electron chi connectivity index (χ2n) is 7.90. The number of sulfone groups is 2. The van der Waals surface area contributed by atoms with Gasteiger partial charge in [0.1, 0.15) is 0 Å². The Labute approximate surface area is 173 Å². The molecule has 0 spiro atoms. The maximum Gasteiger partial charge on any atom is 0.183 e. The van der Waals surface area contributed by atoms with E-state index in [2.05, 4.69) is 21.9 Å². The Balaban J connectivity index is 1.55. The Hall–Kier alpha value is -1.90. The Kier molecular flexibility index (Phi) is 5.44. The molecule has 8 heteroatoms. The number of hydrogen-bond acceptors (Lipinski definition) is 6. The van der Waals surface area contributed by atoms with E-state index in [1.807, 2.05) is 25.1 Å². The van der Waals surface area contributed by atoms with Crippen LogP contribution in [0.1, 0.15) is 5.56 Å². The first kappa shape index (κ1) is 20.4. The lowest BCUT2D eigenvalue weighted by atomic mass is 10.1. The fourth-order valence-electron chi connectivity index (χ4n) is 4.29. The molecule has 0 unspecified atom stereocenters. The molecule has 6 nitrogen and oxygen atoms in total. The van der Waals surface area contributed by atoms with Crippen molar-refractivity contribution in [3.8, 4) is 0 Å². The molecule has 0 aromatic heterocycles. The zero-order valence-electron chi connectivity index (χ0n) is 16.4. The van der Waals surface area contributed by atoms with Crippen LogP contribution in [0.15, 0.2) is 59.5 Å². The molecule has 156 valence electrons. The zero-order valence-corrected chi connectivity index (χ0v) is 18.1. The number of benzene rings is 2. The van der Waals surface area contributed by atoms with Gasteiger partial charge in [-0.25, -0.2) is 16.8 Å². The van der Waals surface area contributed by atoms with E-state index in [4.69, 9.17) is 0 Å². The molecule has 29 heavy (non-hydrogen) atoms. The average molecular weight is 435 g/mol. The van der Waals surface area contributed by atoms with Crippen molar-refractivity contribution in [2.45, 2.75) is 23.1 Å². The van der Waals surface area contributed by atoms with E-state index in [9.17, 15) is 16.8 Å². The van der Waals surface area contributed by atoms with Gasteiger partial charge in [-0.3, -0.25) is 4.90 Å². The molecule has 2 heterocycles. The fourth-order valence-corrected chi connectivity index (χ4v) is 9.12. The van der Waals surface area contributed by atoms with Crippen molar-refractivity contribution in [1.29, 1.82) is 0 Å². The van der Waals surface area contributed by atoms with E-state index in [0.29, 0.717) is 13.1 Å². The van der Waals surface area contributed by atoms with Crippen LogP contribution < -0.4 is 4.90 Å². The molecule has 0 saturated carbocycles. The number of rotatable bonds is 4. The maximum atomic E-state index is 13.3. The number of para-hydroxylation sites is 1. The highest BCUT2D eigenvalue weighted by molar-refractivity contribution is 7.96. The van der Waals surface area contributed by atoms with Gasteiger partial charge in [0, 0.05) is 37.9 Å². The third-order valence-corrected chi connectivity index (χ3v) is 10.1. The van der Waals surface area contributed by atoms with Gasteiger partial charge >= 0.3 is 0 Å². The highest BCUT2D eigenvalue weighted by Gasteiger charge is 2.48. The first-order valence-electron chi connectivity index (χ1n) is 9.81. The second-order valence-corrected chi connectivity index (χ2v) is 12.2. The van der Waals surface area contributed by atoms with Gasteiger partial charge in [0.25, 0.3) is 0 Å². The Morgan fingerprint density at radius 1 is 0.862 bits per heavy atom. The van der Waals surface area contributed by atoms with Crippen molar-refractivity contribution in [2.24, 2.45) is 0 Å². The van der Waals surface area contributed by atoms with Gasteiger partial charge in [0.05, 0.1) is 21.7 Å². The van der Waals surface area contributed by atoms with E-state index in [-0.39, 0.29) is 16.4 Å². The van der Waals surface area contributed by atoms with Crippen LogP contribution in [0, 0.1) is 6.92 Å². The molecule has 2 aliphatic heterocycles. The molecule has 0 amide bonds. The van der Waals surface area contributed by atoms with Crippen LogP contribution in [0.4, 0.5) is 5.69 Å². The van der Waals surface area contributed by atoms with Crippen LogP contribution >= 0.6 is 0 Å². The summed E-state index contributed by atoms with van der Waals surface area (Å²) in [6.45, 7) is 4.69. The minimum Gasteiger partial charge on any atom is -0.369 e. The summed E-state index contributed by atoms with van der Waals surface area (Å²) in [5.41, 5.74) is 2.10. The smallest absolute Gasteiger partial charge is 0.183 e. The third-order valence-electron chi connectivity index (χ3n) is 5.92. The van der Waals surface area contributed by atoms with Gasteiger partial charge < -0.3 is 4.90 Å². The SMILES string of the molecule is Cc1ccc(S(=O)(=O)[C@H]2CS(=O)(=O)C[C@@H]2N2CCN(c3ccccc3)CC2)cc1. The summed E-state index contributed by atoms with van der Waals surface area (Å²) in [5, 5.41) is -0.918. The first-order chi connectivity index (χ1) is 13.8. The van der Waals surface area contributed by atoms with Gasteiger partial charge in [-0.15, -0.1) is 0 Å². The Bertz CT molecular complexity index is 1060. The monoisotopic (exact) mass is 434 g/mol. The average Bonchev–Trinajstić information content (AvgIpc) is 3.05. The number of hydrogen-bond donors (Lipinski definition) is 0. The summed E-state index contributed by atoms with van der Waals surface area (Å²) in [5.74, 6) is -0.388. The number of anilines is 1. The molecular formula is C21H26N2O4S2. The summed E-state index contributed by atoms with van der Waals surface area (Å²) >= 11 is 0. The predicted molar refractivity (Wildman–Crippen MR) is 115 cm³/mol. The minimum absolute atomic E-state index is 0.0892. The lowest BCUT2D eigenvalue weighted by molar-refractivity contribution is 0.201. The summed E-state index contributed by atoms with van der Waals surface area (Å²) in [4.78, 5) is 4.52. The summed E-state index contributed by atoms with van der Waals surface area (Å²) < 4.78 is 51.4. The molecule has 2 saturated heterocycles. The van der Waals surface area contributed by atoms with Crippen molar-refractivity contribution in [3.63, 3.8) is 0 Å². The molecule has 2 fully saturated rings. The van der Waals surface area contributed by atoms with Gasteiger partial charge in [0.2, 0.25) is 0 Å². The van der Waals surface area contributed by atoms with Crippen LogP contribution in [-0.2, 0) is 19.7 Å². The topological polar surface area (TPSA) is 74.8 Å². The third kappa shape index (κ3) is 4.20. The maximum absolute atomic E-state index is 13.3. The Morgan fingerprint density at radius 3 is 2.10 bits per heavy atom. The van der Waals surface area contributed by atoms with E-state index in [1.54, 1.807) is 24.3 Å². The molecule has 2 aromatic rings. The molecule has 2 aliphatic rings. The van der Waals surface area contributed by atoms with Crippen molar-refractivity contribution >= 4 is 25.4 Å². The van der Waals surface area contributed by atoms with E-state index < -0.39 is 31.0 Å². The van der Waals surface area contributed by atoms with Crippen molar-refractivity contribution in [1.82, 2.24) is 4.90 Å². The van der Waals surface area contributed by atoms with Crippen LogP contribution in [0.25, 0.3) is 0 Å². The normalized spacial score (nSPS) is 25.2. The van der Waals surface area contributed by atoms with Crippen molar-refractivity contribution in [3.05, 3.63) is 60.2 Å². The number of piperazine rings is 1. The van der Waals surface area contributed by atoms with Gasteiger partial charge in [-0.05, 0) is 31.2 Å². The molecule has 0 bridgehead atoms. The lowest BCUT2D eigenvalue weighted by Gasteiger charge is -2.40. The molecular weight excluding hydrogens is 408 g/mol. The van der Waals surface area contributed by atoms with E-state index in [1.165, 1.54) is 0 Å². The highest BCUT2D eigenvalue weighted by atomic mass is 32.2. The van der Waals surface area contributed by atoms with E-state index in [0.717, 1.165) is 24.3 Å². The molecule has 2 aromatic carbocycles. The second kappa shape index (κ2) is 7.74. The van der Waals surface area contributed by atoms with Crippen molar-refractivity contribution < 1.29 is 16.8 Å². The summed E-state index contributed by atoms with van der Waals surface area (Å²) in [6.07, 6.45) is 0. The zero-order chi connectivity index (χ0) is 20.6. The highest BCUT2D eigenvalue weighted by Crippen LogP contribution is 2.30. The van der Waals surface area contributed by atoms with Crippen LogP contribution in [0.5, 0.6) is 0 Å². The lowest BCUT2D eigenvalue weighted by Crippen LogP contribution is -2.55. The van der Waals surface area contributed by atoms with Gasteiger partial charge in [-0.2, -0.15) is 0 Å². The fraction of sp³-hybridized carbons (Fsp3) is 0.429. The van der Waals surface area contributed by atoms with Crippen molar-refractivity contribution in [2.75, 3.05) is 42.6 Å². The Morgan fingerprint density at radius 2 is 1.48 bits per heavy atom. The van der Waals surface area contributed by atoms with Gasteiger partial charge in [-0.1, -0.05) is 35.9 Å². The quantitative estimate of drug-likeness (QED) is 0.730. The molecule has 0 aliphatic carbocycles. The van der Waals surface area contributed by atoms with Crippen LogP contribution in [0.3, 0.4) is 0 Å². The standard InChI is InChI=1S/C21H26N2O4S2/c1-17-7-9-19(10-8-17)29(26,27)21-16-28(24,25)15-20(21)23-13-11-22(12-14-23)18-5-3-2-4-6-18/h2-10,20-21H,11-16H2,1H3/t20-,21-/m0/s1. The number of nitrogens with zero attached hydrogens (tertiary/aromatic N) is 2. The first-order valence-corrected chi connectivity index (χ1v) is 13.2.